The molecule has 1 aliphatic carbocycles. The van der Waals surface area contributed by atoms with Gasteiger partial charge >= 0.3 is 5.97 Å². The summed E-state index contributed by atoms with van der Waals surface area (Å²) >= 11 is 0. The number of aromatic hydroxyl groups is 1. The van der Waals surface area contributed by atoms with Crippen LogP contribution in [-0.4, -0.2) is 69.2 Å². The summed E-state index contributed by atoms with van der Waals surface area (Å²) in [4.78, 5) is 56.8. The van der Waals surface area contributed by atoms with E-state index in [1.807, 2.05) is 30.3 Å². The molecule has 2 aliphatic rings. The van der Waals surface area contributed by atoms with Crippen molar-refractivity contribution in [2.75, 3.05) is 0 Å². The van der Waals surface area contributed by atoms with Gasteiger partial charge in [-0.25, -0.2) is 9.78 Å². The van der Waals surface area contributed by atoms with Gasteiger partial charge in [0.05, 0.1) is 18.1 Å². The Bertz CT molecular complexity index is 1200. The average Bonchev–Trinajstić information content (AvgIpc) is 2.89. The van der Waals surface area contributed by atoms with Crippen molar-refractivity contribution in [3.63, 3.8) is 0 Å². The zero-order chi connectivity index (χ0) is 28.1. The number of ether oxygens (including phenoxy) is 1. The Labute approximate surface area is 226 Å². The molecule has 1 aliphatic heterocycles. The van der Waals surface area contributed by atoms with E-state index in [4.69, 9.17) is 4.74 Å². The average molecular weight is 539 g/mol. The lowest BCUT2D eigenvalue weighted by Gasteiger charge is -2.37. The molecular formula is C28H34N4O7. The molecule has 1 aromatic heterocycles. The molecule has 11 heteroatoms. The van der Waals surface area contributed by atoms with E-state index in [0.717, 1.165) is 24.8 Å². The molecule has 6 atom stereocenters. The smallest absolute Gasteiger partial charge is 0.329 e. The summed E-state index contributed by atoms with van der Waals surface area (Å²) in [5.74, 6) is -4.30. The summed E-state index contributed by atoms with van der Waals surface area (Å²) in [5, 5.41) is 29.4. The highest BCUT2D eigenvalue weighted by molar-refractivity contribution is 5.98. The number of hydrogen-bond donors (Lipinski definition) is 5. The van der Waals surface area contributed by atoms with Crippen LogP contribution in [0.2, 0.25) is 0 Å². The SMILES string of the molecule is CC1OC(=O)C(C2CCC2)NC(=O)C(C)C(O)C(Cc2ccccc2)NC(=O)C1NC(=O)c1ncccc1O. The molecule has 11 nitrogen and oxygen atoms in total. The number of aliphatic hydroxyl groups excluding tert-OH is 1. The molecule has 208 valence electrons. The molecule has 3 amide bonds. The van der Waals surface area contributed by atoms with Crippen molar-refractivity contribution in [1.82, 2.24) is 20.9 Å². The van der Waals surface area contributed by atoms with E-state index in [1.54, 1.807) is 0 Å². The summed E-state index contributed by atoms with van der Waals surface area (Å²) in [6.45, 7) is 2.99. The van der Waals surface area contributed by atoms with Gasteiger partial charge < -0.3 is 30.9 Å². The fourth-order valence-corrected chi connectivity index (χ4v) is 4.83. The number of carbonyl (C=O) groups excluding carboxylic acids is 4. The van der Waals surface area contributed by atoms with E-state index in [0.29, 0.717) is 0 Å². The lowest BCUT2D eigenvalue weighted by Crippen LogP contribution is -2.61. The molecule has 5 N–H and O–H groups in total. The van der Waals surface area contributed by atoms with Gasteiger partial charge in [0.1, 0.15) is 23.9 Å². The highest BCUT2D eigenvalue weighted by Gasteiger charge is 2.42. The molecule has 2 aromatic rings. The fraction of sp³-hybridized carbons (Fsp3) is 0.464. The number of hydrogen-bond acceptors (Lipinski definition) is 8. The second kappa shape index (κ2) is 12.2. The van der Waals surface area contributed by atoms with Crippen LogP contribution in [0.5, 0.6) is 5.75 Å². The number of aliphatic hydroxyl groups is 1. The third-order valence-corrected chi connectivity index (χ3v) is 7.48. The summed E-state index contributed by atoms with van der Waals surface area (Å²) in [6.07, 6.45) is 1.41. The molecule has 0 bridgehead atoms. The van der Waals surface area contributed by atoms with Gasteiger partial charge in [0.15, 0.2) is 5.69 Å². The maximum absolute atomic E-state index is 13.6. The van der Waals surface area contributed by atoms with Crippen molar-refractivity contribution in [3.05, 3.63) is 59.9 Å². The Morgan fingerprint density at radius 1 is 1.05 bits per heavy atom. The highest BCUT2D eigenvalue weighted by atomic mass is 16.5. The highest BCUT2D eigenvalue weighted by Crippen LogP contribution is 2.31. The normalized spacial score (nSPS) is 28.5. The molecule has 2 heterocycles. The van der Waals surface area contributed by atoms with E-state index in [1.165, 1.54) is 32.2 Å². The van der Waals surface area contributed by atoms with Gasteiger partial charge in [0.2, 0.25) is 11.8 Å². The van der Waals surface area contributed by atoms with Gasteiger partial charge in [-0.05, 0) is 49.8 Å². The van der Waals surface area contributed by atoms with Crippen LogP contribution >= 0.6 is 0 Å². The van der Waals surface area contributed by atoms with Crippen LogP contribution in [0.25, 0.3) is 0 Å². The Morgan fingerprint density at radius 2 is 1.77 bits per heavy atom. The minimum Gasteiger partial charge on any atom is -0.505 e. The fourth-order valence-electron chi connectivity index (χ4n) is 4.83. The van der Waals surface area contributed by atoms with E-state index >= 15 is 0 Å². The minimum absolute atomic E-state index is 0.131. The molecular weight excluding hydrogens is 504 g/mol. The first-order chi connectivity index (χ1) is 18.7. The van der Waals surface area contributed by atoms with Crippen LogP contribution in [0.1, 0.15) is 49.2 Å². The Hall–Kier alpha value is -3.99. The van der Waals surface area contributed by atoms with Crippen molar-refractivity contribution in [3.8, 4) is 5.75 Å². The predicted molar refractivity (Wildman–Crippen MR) is 139 cm³/mol. The van der Waals surface area contributed by atoms with Gasteiger partial charge in [-0.2, -0.15) is 0 Å². The Balaban J connectivity index is 1.67. The van der Waals surface area contributed by atoms with Gasteiger partial charge in [-0.15, -0.1) is 0 Å². The molecule has 6 unspecified atom stereocenters. The molecule has 1 saturated carbocycles. The number of aromatic nitrogens is 1. The molecule has 4 rings (SSSR count). The molecule has 0 spiro atoms. The number of rotatable bonds is 5. The van der Waals surface area contributed by atoms with Gasteiger partial charge in [0.25, 0.3) is 5.91 Å². The monoisotopic (exact) mass is 538 g/mol. The molecule has 0 radical (unpaired) electrons. The third kappa shape index (κ3) is 6.54. The van der Waals surface area contributed by atoms with E-state index in [9.17, 15) is 29.4 Å². The zero-order valence-electron chi connectivity index (χ0n) is 21.9. The Kier molecular flexibility index (Phi) is 8.80. The van der Waals surface area contributed by atoms with E-state index in [2.05, 4.69) is 20.9 Å². The number of nitrogens with one attached hydrogen (secondary N) is 3. The predicted octanol–water partition coefficient (Wildman–Crippen LogP) is 0.840. The van der Waals surface area contributed by atoms with Crippen molar-refractivity contribution in [2.45, 2.75) is 69.9 Å². The van der Waals surface area contributed by atoms with Gasteiger partial charge in [-0.1, -0.05) is 43.7 Å². The number of nitrogens with zero attached hydrogens (tertiary/aromatic N) is 1. The zero-order valence-corrected chi connectivity index (χ0v) is 21.9. The van der Waals surface area contributed by atoms with Crippen LogP contribution < -0.4 is 16.0 Å². The Morgan fingerprint density at radius 3 is 2.41 bits per heavy atom. The van der Waals surface area contributed by atoms with E-state index < -0.39 is 59.9 Å². The number of cyclic esters (lactones) is 1. The number of carbonyl (C=O) groups is 4. The summed E-state index contributed by atoms with van der Waals surface area (Å²) < 4.78 is 5.63. The number of benzene rings is 1. The van der Waals surface area contributed by atoms with Crippen molar-refractivity contribution in [2.24, 2.45) is 11.8 Å². The topological polar surface area (TPSA) is 167 Å². The second-order valence-corrected chi connectivity index (χ2v) is 10.2. The lowest BCUT2D eigenvalue weighted by atomic mass is 9.79. The third-order valence-electron chi connectivity index (χ3n) is 7.48. The first kappa shape index (κ1) is 28.0. The van der Waals surface area contributed by atoms with Crippen LogP contribution in [0.4, 0.5) is 0 Å². The molecule has 39 heavy (non-hydrogen) atoms. The van der Waals surface area contributed by atoms with Crippen LogP contribution in [0.15, 0.2) is 48.7 Å². The standard InChI is InChI=1S/C28H34N4O7/c1-15-24(34)19(14-17-8-4-3-5-9-17)30-26(36)21(31-27(37)23-20(33)12-7-13-29-23)16(2)39-28(38)22(32-25(15)35)18-10-6-11-18/h3-5,7-9,12-13,15-16,18-19,21-22,24,33-34H,6,10-11,14H2,1-2H3,(H,30,36)(H,31,37)(H,32,35). The van der Waals surface area contributed by atoms with Crippen molar-refractivity contribution < 1.29 is 34.1 Å². The van der Waals surface area contributed by atoms with Gasteiger partial charge in [0, 0.05) is 6.20 Å². The summed E-state index contributed by atoms with van der Waals surface area (Å²) in [6, 6.07) is 8.63. The molecule has 1 aromatic carbocycles. The van der Waals surface area contributed by atoms with Crippen molar-refractivity contribution >= 4 is 23.7 Å². The number of esters is 1. The number of pyridine rings is 1. The van der Waals surface area contributed by atoms with Gasteiger partial charge in [-0.3, -0.25) is 14.4 Å². The summed E-state index contributed by atoms with van der Waals surface area (Å²) in [5.41, 5.74) is 0.511. The van der Waals surface area contributed by atoms with Crippen LogP contribution in [0.3, 0.4) is 0 Å². The first-order valence-electron chi connectivity index (χ1n) is 13.1. The van der Waals surface area contributed by atoms with E-state index in [-0.39, 0.29) is 23.8 Å². The largest absolute Gasteiger partial charge is 0.505 e. The quantitative estimate of drug-likeness (QED) is 0.349. The number of amides is 3. The molecule has 2 fully saturated rings. The maximum Gasteiger partial charge on any atom is 0.329 e. The van der Waals surface area contributed by atoms with Crippen LogP contribution in [-0.2, 0) is 25.5 Å². The summed E-state index contributed by atoms with van der Waals surface area (Å²) in [7, 11) is 0. The second-order valence-electron chi connectivity index (χ2n) is 10.2. The minimum atomic E-state index is -1.39. The van der Waals surface area contributed by atoms with Crippen LogP contribution in [0, 0.1) is 11.8 Å². The maximum atomic E-state index is 13.6. The first-order valence-corrected chi connectivity index (χ1v) is 13.1. The van der Waals surface area contributed by atoms with Crippen molar-refractivity contribution in [1.29, 1.82) is 0 Å². The lowest BCUT2D eigenvalue weighted by molar-refractivity contribution is -0.158. The molecule has 1 saturated heterocycles.